The van der Waals surface area contributed by atoms with Crippen molar-refractivity contribution in [2.24, 2.45) is 23.5 Å². The van der Waals surface area contributed by atoms with Gasteiger partial charge in [0.15, 0.2) is 11.4 Å². The van der Waals surface area contributed by atoms with Crippen LogP contribution in [0.2, 0.25) is 0 Å². The summed E-state index contributed by atoms with van der Waals surface area (Å²) in [7, 11) is 2.89. The predicted octanol–water partition coefficient (Wildman–Crippen LogP) is 0.625. The van der Waals surface area contributed by atoms with E-state index in [0.717, 1.165) is 25.7 Å². The first-order valence-corrected chi connectivity index (χ1v) is 13.2. The van der Waals surface area contributed by atoms with Gasteiger partial charge in [0.05, 0.1) is 23.6 Å². The minimum atomic E-state index is -2.98. The number of rotatable bonds is 4. The Morgan fingerprint density at radius 3 is 2.30 bits per heavy atom. The Morgan fingerprint density at radius 1 is 1.10 bits per heavy atom. The lowest BCUT2D eigenvalue weighted by Crippen LogP contribution is -2.70. The number of fused-ring (bicyclic) bond motifs is 3. The topological polar surface area (TPSA) is 211 Å². The largest absolute Gasteiger partial charge is 0.508 e. The standard InChI is InChI=1S/C28H33N3O9/c1-10-14-12(30-27(39)11-6-4-5-7-11)8-9-13(32)16(14)21(33)17-15(10)22(34)19-20(31(2)3)23(35)18(26(29)38)25(37)28(19,40)24(17)36/h8-11,15,19-20,22,32-34,37,40H,4-7H2,1-3H3,(H2,29,38)(H,30,39)/t10?,15-,19-,20+,22?,28+/m1/s1. The molecule has 12 heteroatoms. The Kier molecular flexibility index (Phi) is 6.55. The molecule has 2 fully saturated rings. The average molecular weight is 556 g/mol. The molecular weight excluding hydrogens is 522 g/mol. The van der Waals surface area contributed by atoms with Gasteiger partial charge in [0.2, 0.25) is 11.7 Å². The van der Waals surface area contributed by atoms with Gasteiger partial charge >= 0.3 is 0 Å². The van der Waals surface area contributed by atoms with Gasteiger partial charge in [-0.05, 0) is 50.6 Å². The van der Waals surface area contributed by atoms with Gasteiger partial charge in [0, 0.05) is 23.1 Å². The number of hydrogen-bond acceptors (Lipinski definition) is 10. The maximum atomic E-state index is 14.0. The molecule has 214 valence electrons. The van der Waals surface area contributed by atoms with E-state index >= 15 is 0 Å². The highest BCUT2D eigenvalue weighted by Gasteiger charge is 2.68. The Hall–Kier alpha value is -3.74. The van der Waals surface area contributed by atoms with E-state index in [-0.39, 0.29) is 28.6 Å². The van der Waals surface area contributed by atoms with Crippen molar-refractivity contribution in [3.63, 3.8) is 0 Å². The number of aliphatic hydroxyl groups excluding tert-OH is 3. The molecule has 1 aromatic rings. The number of amides is 2. The molecule has 0 spiro atoms. The molecule has 40 heavy (non-hydrogen) atoms. The Labute approximate surface area is 229 Å². The predicted molar refractivity (Wildman–Crippen MR) is 141 cm³/mol. The van der Waals surface area contributed by atoms with Crippen molar-refractivity contribution in [1.82, 2.24) is 4.90 Å². The first-order chi connectivity index (χ1) is 18.7. The van der Waals surface area contributed by atoms with Crippen molar-refractivity contribution in [3.8, 4) is 5.75 Å². The molecule has 5 rings (SSSR count). The number of ketones is 2. The fourth-order valence-corrected chi connectivity index (χ4v) is 7.23. The van der Waals surface area contributed by atoms with Crippen LogP contribution in [0.1, 0.15) is 49.7 Å². The molecular formula is C28H33N3O9. The van der Waals surface area contributed by atoms with E-state index in [2.05, 4.69) is 5.32 Å². The zero-order valence-electron chi connectivity index (χ0n) is 22.3. The third-order valence-corrected chi connectivity index (χ3v) is 9.09. The Morgan fingerprint density at radius 2 is 1.73 bits per heavy atom. The van der Waals surface area contributed by atoms with E-state index in [0.29, 0.717) is 0 Å². The monoisotopic (exact) mass is 555 g/mol. The molecule has 0 aromatic heterocycles. The molecule has 0 bridgehead atoms. The fourth-order valence-electron chi connectivity index (χ4n) is 7.23. The number of aliphatic hydroxyl groups is 4. The molecule has 4 aliphatic carbocycles. The van der Waals surface area contributed by atoms with Crippen LogP contribution in [0.5, 0.6) is 5.75 Å². The second kappa shape index (κ2) is 9.43. The summed E-state index contributed by atoms with van der Waals surface area (Å²) in [6.07, 6.45) is 1.62. The number of nitrogens with two attached hydrogens (primary N) is 1. The van der Waals surface area contributed by atoms with Gasteiger partial charge < -0.3 is 36.6 Å². The number of nitrogens with zero attached hydrogens (tertiary/aromatic N) is 1. The van der Waals surface area contributed by atoms with E-state index in [4.69, 9.17) is 5.73 Å². The van der Waals surface area contributed by atoms with Gasteiger partial charge in [-0.25, -0.2) is 0 Å². The number of carbonyl (C=O) groups excluding carboxylic acids is 4. The van der Waals surface area contributed by atoms with Crippen LogP contribution in [-0.2, 0) is 19.2 Å². The van der Waals surface area contributed by atoms with Crippen LogP contribution in [0, 0.1) is 17.8 Å². The van der Waals surface area contributed by atoms with Crippen LogP contribution in [0.25, 0.3) is 5.76 Å². The highest BCUT2D eigenvalue weighted by Crippen LogP contribution is 2.57. The molecule has 2 amide bonds. The van der Waals surface area contributed by atoms with Gasteiger partial charge in [-0.3, -0.25) is 24.1 Å². The third kappa shape index (κ3) is 3.62. The number of phenols is 1. The number of hydrogen-bond donors (Lipinski definition) is 7. The Balaban J connectivity index is 1.72. The second-order valence-corrected chi connectivity index (χ2v) is 11.4. The number of primary amides is 1. The maximum Gasteiger partial charge on any atom is 0.255 e. The van der Waals surface area contributed by atoms with Crippen LogP contribution in [-0.4, -0.2) is 85.7 Å². The van der Waals surface area contributed by atoms with Crippen LogP contribution < -0.4 is 11.1 Å². The molecule has 2 saturated carbocycles. The van der Waals surface area contributed by atoms with Crippen molar-refractivity contribution in [2.75, 3.05) is 19.4 Å². The van der Waals surface area contributed by atoms with Crippen molar-refractivity contribution < 1.29 is 44.7 Å². The van der Waals surface area contributed by atoms with E-state index in [1.54, 1.807) is 6.92 Å². The SMILES string of the molecule is CC1c2c(NC(=O)C3CCCC3)ccc(O)c2C(O)=C2C(=O)[C@]3(O)C(O)=C(C(N)=O)C(=O)[C@@H](N(C)C)[C@@H]3C(O)[C@@H]21. The molecule has 12 nitrogen and oxygen atoms in total. The molecule has 6 atom stereocenters. The summed E-state index contributed by atoms with van der Waals surface area (Å²) < 4.78 is 0. The molecule has 2 unspecified atom stereocenters. The number of Topliss-reactive ketones (excluding diaryl/α,β-unsaturated/α-hetero) is 2. The number of nitrogens with one attached hydrogen (secondary N) is 1. The number of phenolic OH excluding ortho intramolecular Hbond substituents is 1. The number of likely N-dealkylation sites (N-methyl/N-ethyl adjacent to an activating group) is 1. The lowest BCUT2D eigenvalue weighted by molar-refractivity contribution is -0.169. The lowest BCUT2D eigenvalue weighted by Gasteiger charge is -2.53. The summed E-state index contributed by atoms with van der Waals surface area (Å²) in [5.41, 5.74) is 1.28. The highest BCUT2D eigenvalue weighted by molar-refractivity contribution is 6.24. The molecule has 1 aromatic carbocycles. The summed E-state index contributed by atoms with van der Waals surface area (Å²) in [5, 5.41) is 59.5. The highest BCUT2D eigenvalue weighted by atomic mass is 16.4. The van der Waals surface area contributed by atoms with Gasteiger partial charge in [0.25, 0.3) is 5.91 Å². The van der Waals surface area contributed by atoms with E-state index < -0.39 is 81.4 Å². The number of anilines is 1. The minimum Gasteiger partial charge on any atom is -0.508 e. The lowest BCUT2D eigenvalue weighted by atomic mass is 9.54. The number of carbonyl (C=O) groups is 4. The number of benzene rings is 1. The van der Waals surface area contributed by atoms with Crippen molar-refractivity contribution in [3.05, 3.63) is 40.2 Å². The van der Waals surface area contributed by atoms with Crippen LogP contribution >= 0.6 is 0 Å². The van der Waals surface area contributed by atoms with E-state index in [9.17, 15) is 44.7 Å². The zero-order valence-corrected chi connectivity index (χ0v) is 22.3. The van der Waals surface area contributed by atoms with Crippen LogP contribution in [0.15, 0.2) is 29.0 Å². The summed E-state index contributed by atoms with van der Waals surface area (Å²) in [5.74, 6) is -10.1. The minimum absolute atomic E-state index is 0.166. The smallest absolute Gasteiger partial charge is 0.255 e. The van der Waals surface area contributed by atoms with Crippen LogP contribution in [0.4, 0.5) is 5.69 Å². The van der Waals surface area contributed by atoms with Crippen molar-refractivity contribution >= 4 is 34.8 Å². The normalized spacial score (nSPS) is 32.2. The summed E-state index contributed by atoms with van der Waals surface area (Å²) in [6.45, 7) is 1.63. The fraction of sp³-hybridized carbons (Fsp3) is 0.500. The molecule has 0 saturated heterocycles. The quantitative estimate of drug-likeness (QED) is 0.203. The molecule has 0 heterocycles. The zero-order chi connectivity index (χ0) is 29.4. The molecule has 4 aliphatic rings. The average Bonchev–Trinajstić information content (AvgIpc) is 3.42. The summed E-state index contributed by atoms with van der Waals surface area (Å²) in [6, 6.07) is 1.28. The molecule has 0 radical (unpaired) electrons. The first-order valence-electron chi connectivity index (χ1n) is 13.2. The van der Waals surface area contributed by atoms with Gasteiger partial charge in [-0.2, -0.15) is 0 Å². The second-order valence-electron chi connectivity index (χ2n) is 11.4. The van der Waals surface area contributed by atoms with Gasteiger partial charge in [0.1, 0.15) is 22.8 Å². The van der Waals surface area contributed by atoms with Crippen molar-refractivity contribution in [2.45, 2.75) is 56.3 Å². The summed E-state index contributed by atoms with van der Waals surface area (Å²) >= 11 is 0. The van der Waals surface area contributed by atoms with Gasteiger partial charge in [-0.1, -0.05) is 19.8 Å². The van der Waals surface area contributed by atoms with Crippen molar-refractivity contribution in [1.29, 1.82) is 0 Å². The van der Waals surface area contributed by atoms with E-state index in [1.165, 1.54) is 31.1 Å². The van der Waals surface area contributed by atoms with E-state index in [1.807, 2.05) is 0 Å². The van der Waals surface area contributed by atoms with Crippen LogP contribution in [0.3, 0.4) is 0 Å². The third-order valence-electron chi connectivity index (χ3n) is 9.09. The van der Waals surface area contributed by atoms with Gasteiger partial charge in [-0.15, -0.1) is 0 Å². The first kappa shape index (κ1) is 27.8. The Bertz CT molecular complexity index is 1410. The maximum absolute atomic E-state index is 14.0. The number of aromatic hydroxyl groups is 1. The molecule has 0 aliphatic heterocycles. The molecule has 8 N–H and O–H groups in total. The summed E-state index contributed by atoms with van der Waals surface area (Å²) in [4.78, 5) is 53.7.